The molecule has 0 aliphatic rings. The molecule has 0 aliphatic carbocycles. The van der Waals surface area contributed by atoms with Gasteiger partial charge in [-0.05, 0) is 19.8 Å². The Morgan fingerprint density at radius 1 is 1.33 bits per heavy atom. The van der Waals surface area contributed by atoms with E-state index < -0.39 is 5.97 Å². The van der Waals surface area contributed by atoms with Crippen LogP contribution in [0.3, 0.4) is 0 Å². The van der Waals surface area contributed by atoms with Crippen LogP contribution in [0.4, 0.5) is 0 Å². The molecule has 70 valence electrons. The summed E-state index contributed by atoms with van der Waals surface area (Å²) in [6.07, 6.45) is 6.71. The molecule has 0 saturated carbocycles. The summed E-state index contributed by atoms with van der Waals surface area (Å²) >= 11 is 0. The summed E-state index contributed by atoms with van der Waals surface area (Å²) in [6, 6.07) is 0. The van der Waals surface area contributed by atoms with Crippen LogP contribution in [0.5, 0.6) is 0 Å². The van der Waals surface area contributed by atoms with Crippen molar-refractivity contribution < 1.29 is 9.90 Å². The molecule has 0 atom stereocenters. The molecule has 2 nitrogen and oxygen atoms in total. The maximum Gasteiger partial charge on any atom is 0.330 e. The Hall–Kier alpha value is -1.05. The summed E-state index contributed by atoms with van der Waals surface area (Å²) in [5.74, 6) is -0.935. The van der Waals surface area contributed by atoms with Crippen LogP contribution in [0.15, 0.2) is 24.3 Å². The summed E-state index contributed by atoms with van der Waals surface area (Å²) < 4.78 is 0. The average Bonchev–Trinajstić information content (AvgIpc) is 2.02. The summed E-state index contributed by atoms with van der Waals surface area (Å²) in [6.45, 7) is 8.89. The maximum atomic E-state index is 9.60. The topological polar surface area (TPSA) is 37.3 Å². The molecule has 0 amide bonds. The third kappa shape index (κ3) is 16.0. The Morgan fingerprint density at radius 3 is 1.67 bits per heavy atom. The molecule has 0 unspecified atom stereocenters. The molecule has 12 heavy (non-hydrogen) atoms. The zero-order valence-corrected chi connectivity index (χ0v) is 8.13. The van der Waals surface area contributed by atoms with Gasteiger partial charge >= 0.3 is 5.97 Å². The quantitative estimate of drug-likeness (QED) is 0.522. The monoisotopic (exact) mass is 170 g/mol. The van der Waals surface area contributed by atoms with Crippen LogP contribution in [0, 0.1) is 0 Å². The standard InChI is InChI=1S/C6H12.C4H6O2/c1-3-5-6-4-2;1-3(2)4(5)6/h5-6H,3-4H2,1-2H3;1H2,2H3,(H,5,6). The summed E-state index contributed by atoms with van der Waals surface area (Å²) in [4.78, 5) is 9.60. The minimum Gasteiger partial charge on any atom is -0.478 e. The molecule has 0 saturated heterocycles. The van der Waals surface area contributed by atoms with Gasteiger partial charge in [0.25, 0.3) is 0 Å². The Balaban J connectivity index is 0. The molecule has 0 rings (SSSR count). The normalized spacial score (nSPS) is 8.92. The average molecular weight is 170 g/mol. The predicted molar refractivity (Wildman–Crippen MR) is 52.2 cm³/mol. The van der Waals surface area contributed by atoms with Gasteiger partial charge in [-0.15, -0.1) is 0 Å². The van der Waals surface area contributed by atoms with E-state index >= 15 is 0 Å². The highest BCUT2D eigenvalue weighted by atomic mass is 16.4. The van der Waals surface area contributed by atoms with Gasteiger partial charge in [0.15, 0.2) is 0 Å². The molecule has 0 spiro atoms. The van der Waals surface area contributed by atoms with Crippen molar-refractivity contribution in [2.45, 2.75) is 33.6 Å². The van der Waals surface area contributed by atoms with Crippen LogP contribution < -0.4 is 0 Å². The lowest BCUT2D eigenvalue weighted by atomic mass is 10.4. The van der Waals surface area contributed by atoms with Gasteiger partial charge in [-0.1, -0.05) is 32.6 Å². The van der Waals surface area contributed by atoms with Gasteiger partial charge in [0, 0.05) is 5.57 Å². The van der Waals surface area contributed by atoms with Gasteiger partial charge in [0.2, 0.25) is 0 Å². The van der Waals surface area contributed by atoms with E-state index in [4.69, 9.17) is 5.11 Å². The first-order valence-electron chi connectivity index (χ1n) is 4.10. The molecule has 2 heteroatoms. The van der Waals surface area contributed by atoms with Crippen molar-refractivity contribution in [2.24, 2.45) is 0 Å². The zero-order valence-electron chi connectivity index (χ0n) is 8.13. The lowest BCUT2D eigenvalue weighted by molar-refractivity contribution is -0.132. The number of rotatable bonds is 3. The fraction of sp³-hybridized carbons (Fsp3) is 0.500. The molecular weight excluding hydrogens is 152 g/mol. The fourth-order valence-electron chi connectivity index (χ4n) is 0.333. The molecule has 0 aromatic heterocycles. The number of carboxylic acid groups (broad SMARTS) is 1. The highest BCUT2D eigenvalue weighted by Crippen LogP contribution is 1.81. The van der Waals surface area contributed by atoms with Gasteiger partial charge in [0.1, 0.15) is 0 Å². The predicted octanol–water partition coefficient (Wildman–Crippen LogP) is 3.01. The van der Waals surface area contributed by atoms with Gasteiger partial charge in [-0.2, -0.15) is 0 Å². The lowest BCUT2D eigenvalue weighted by Crippen LogP contribution is -1.92. The summed E-state index contributed by atoms with van der Waals surface area (Å²) in [5, 5.41) is 7.89. The second-order valence-corrected chi connectivity index (χ2v) is 2.37. The van der Waals surface area contributed by atoms with E-state index in [1.165, 1.54) is 19.8 Å². The van der Waals surface area contributed by atoms with E-state index in [2.05, 4.69) is 32.6 Å². The second kappa shape index (κ2) is 9.95. The number of hydrogen-bond acceptors (Lipinski definition) is 1. The Bertz CT molecular complexity index is 139. The molecule has 0 radical (unpaired) electrons. The van der Waals surface area contributed by atoms with Gasteiger partial charge < -0.3 is 5.11 Å². The smallest absolute Gasteiger partial charge is 0.330 e. The van der Waals surface area contributed by atoms with Crippen LogP contribution in [0.2, 0.25) is 0 Å². The van der Waals surface area contributed by atoms with Gasteiger partial charge in [0.05, 0.1) is 0 Å². The lowest BCUT2D eigenvalue weighted by Gasteiger charge is -1.79. The number of carboxylic acids is 1. The van der Waals surface area contributed by atoms with Crippen LogP contribution in [0.1, 0.15) is 33.6 Å². The van der Waals surface area contributed by atoms with Crippen molar-refractivity contribution in [1.29, 1.82) is 0 Å². The number of hydrogen-bond donors (Lipinski definition) is 1. The van der Waals surface area contributed by atoms with E-state index in [1.54, 1.807) is 0 Å². The van der Waals surface area contributed by atoms with Crippen molar-refractivity contribution in [3.63, 3.8) is 0 Å². The first-order valence-corrected chi connectivity index (χ1v) is 4.10. The SMILES string of the molecule is C=C(C)C(=O)O.CCC=CCC. The van der Waals surface area contributed by atoms with E-state index in [0.29, 0.717) is 0 Å². The number of allylic oxidation sites excluding steroid dienone is 2. The summed E-state index contributed by atoms with van der Waals surface area (Å²) in [7, 11) is 0. The Morgan fingerprint density at radius 2 is 1.58 bits per heavy atom. The third-order valence-corrected chi connectivity index (χ3v) is 1.00. The van der Waals surface area contributed by atoms with Crippen molar-refractivity contribution in [1.82, 2.24) is 0 Å². The van der Waals surface area contributed by atoms with E-state index in [-0.39, 0.29) is 5.57 Å². The zero-order chi connectivity index (χ0) is 9.98. The highest BCUT2D eigenvalue weighted by molar-refractivity contribution is 5.84. The van der Waals surface area contributed by atoms with Crippen LogP contribution in [-0.4, -0.2) is 11.1 Å². The first-order chi connectivity index (χ1) is 5.56. The minimum absolute atomic E-state index is 0.176. The molecule has 1 N–H and O–H groups in total. The van der Waals surface area contributed by atoms with Crippen molar-refractivity contribution in [2.75, 3.05) is 0 Å². The van der Waals surface area contributed by atoms with Crippen LogP contribution >= 0.6 is 0 Å². The summed E-state index contributed by atoms with van der Waals surface area (Å²) in [5.41, 5.74) is 0.176. The van der Waals surface area contributed by atoms with E-state index in [0.717, 1.165) is 0 Å². The van der Waals surface area contributed by atoms with Gasteiger partial charge in [-0.25, -0.2) is 4.79 Å². The first kappa shape index (κ1) is 13.5. The molecule has 0 fully saturated rings. The van der Waals surface area contributed by atoms with Crippen LogP contribution in [0.25, 0.3) is 0 Å². The highest BCUT2D eigenvalue weighted by Gasteiger charge is 1.90. The molecular formula is C10H18O2. The number of aliphatic carboxylic acids is 1. The Kier molecular flexibility index (Phi) is 11.2. The fourth-order valence-corrected chi connectivity index (χ4v) is 0.333. The van der Waals surface area contributed by atoms with E-state index in [1.807, 2.05) is 0 Å². The van der Waals surface area contributed by atoms with E-state index in [9.17, 15) is 4.79 Å². The van der Waals surface area contributed by atoms with Gasteiger partial charge in [-0.3, -0.25) is 0 Å². The molecule has 0 aliphatic heterocycles. The largest absolute Gasteiger partial charge is 0.478 e. The third-order valence-electron chi connectivity index (χ3n) is 1.00. The molecule has 0 bridgehead atoms. The second-order valence-electron chi connectivity index (χ2n) is 2.37. The molecule has 0 heterocycles. The molecule has 0 aromatic carbocycles. The minimum atomic E-state index is -0.935. The van der Waals surface area contributed by atoms with Crippen molar-refractivity contribution in [3.8, 4) is 0 Å². The Labute approximate surface area is 74.6 Å². The molecule has 0 aromatic rings. The maximum absolute atomic E-state index is 9.60. The van der Waals surface area contributed by atoms with Crippen molar-refractivity contribution >= 4 is 5.97 Å². The van der Waals surface area contributed by atoms with Crippen LogP contribution in [-0.2, 0) is 4.79 Å². The van der Waals surface area contributed by atoms with Crippen molar-refractivity contribution in [3.05, 3.63) is 24.3 Å². The number of carbonyl (C=O) groups is 1.